The fraction of sp³-hybridized carbons (Fsp3) is 0.286. The van der Waals surface area contributed by atoms with Crippen LogP contribution in [0.25, 0.3) is 11.0 Å². The molecular formula is C21H20BrNO2. The van der Waals surface area contributed by atoms with Crippen molar-refractivity contribution in [3.05, 3.63) is 63.3 Å². The van der Waals surface area contributed by atoms with Crippen LogP contribution in [-0.2, 0) is 11.2 Å². The highest BCUT2D eigenvalue weighted by Crippen LogP contribution is 2.41. The van der Waals surface area contributed by atoms with Crippen LogP contribution in [0.2, 0.25) is 0 Å². The number of halogens is 1. The van der Waals surface area contributed by atoms with E-state index in [9.17, 15) is 4.79 Å². The summed E-state index contributed by atoms with van der Waals surface area (Å²) in [5.41, 5.74) is 5.30. The van der Waals surface area contributed by atoms with E-state index in [4.69, 9.17) is 4.42 Å². The van der Waals surface area contributed by atoms with Crippen molar-refractivity contribution in [1.82, 2.24) is 0 Å². The van der Waals surface area contributed by atoms with E-state index in [1.807, 2.05) is 24.0 Å². The van der Waals surface area contributed by atoms with Crippen LogP contribution in [0, 0.1) is 13.8 Å². The highest BCUT2D eigenvalue weighted by Gasteiger charge is 2.37. The number of carbonyl (C=O) groups is 1. The zero-order valence-electron chi connectivity index (χ0n) is 14.6. The zero-order chi connectivity index (χ0) is 17.7. The Morgan fingerprint density at radius 2 is 2.00 bits per heavy atom. The minimum atomic E-state index is -0.188. The van der Waals surface area contributed by atoms with Crippen molar-refractivity contribution in [3.63, 3.8) is 0 Å². The van der Waals surface area contributed by atoms with Gasteiger partial charge in [-0.25, -0.2) is 0 Å². The number of likely N-dealkylation sites (N-methyl/N-ethyl adjacent to an activating group) is 1. The topological polar surface area (TPSA) is 33.5 Å². The molecule has 1 unspecified atom stereocenters. The van der Waals surface area contributed by atoms with Crippen molar-refractivity contribution in [1.29, 1.82) is 0 Å². The molecule has 0 saturated carbocycles. The first kappa shape index (κ1) is 16.4. The summed E-state index contributed by atoms with van der Waals surface area (Å²) in [6, 6.07) is 12.3. The molecule has 25 heavy (non-hydrogen) atoms. The van der Waals surface area contributed by atoms with Gasteiger partial charge in [0.25, 0.3) is 0 Å². The van der Waals surface area contributed by atoms with Gasteiger partial charge in [-0.3, -0.25) is 4.79 Å². The summed E-state index contributed by atoms with van der Waals surface area (Å²) in [4.78, 5) is 14.8. The fourth-order valence-corrected chi connectivity index (χ4v) is 4.21. The summed E-state index contributed by atoms with van der Waals surface area (Å²) in [6.45, 7) is 6.84. The number of amides is 1. The zero-order valence-corrected chi connectivity index (χ0v) is 16.2. The third-order valence-electron chi connectivity index (χ3n) is 5.19. The van der Waals surface area contributed by atoms with Gasteiger partial charge in [0.05, 0.1) is 5.92 Å². The molecule has 2 heterocycles. The van der Waals surface area contributed by atoms with Crippen LogP contribution in [0.3, 0.4) is 0 Å². The van der Waals surface area contributed by atoms with E-state index < -0.39 is 0 Å². The Balaban J connectivity index is 1.79. The summed E-state index contributed by atoms with van der Waals surface area (Å²) in [6.07, 6.45) is 0.596. The predicted octanol–water partition coefficient (Wildman–Crippen LogP) is 5.50. The number of hydrogen-bond acceptors (Lipinski definition) is 2. The number of fused-ring (bicyclic) bond motifs is 2. The average Bonchev–Trinajstić information content (AvgIpc) is 3.05. The number of carbonyl (C=O) groups excluding carboxylic acids is 1. The molecule has 4 rings (SSSR count). The molecule has 3 nitrogen and oxygen atoms in total. The van der Waals surface area contributed by atoms with Crippen molar-refractivity contribution in [2.75, 3.05) is 11.4 Å². The number of rotatable bonds is 3. The summed E-state index contributed by atoms with van der Waals surface area (Å²) < 4.78 is 7.17. The Kier molecular flexibility index (Phi) is 3.95. The highest BCUT2D eigenvalue weighted by molar-refractivity contribution is 9.10. The number of anilines is 1. The molecule has 0 bridgehead atoms. The Morgan fingerprint density at radius 3 is 2.72 bits per heavy atom. The average molecular weight is 398 g/mol. The van der Waals surface area contributed by atoms with Gasteiger partial charge in [-0.15, -0.1) is 0 Å². The fourth-order valence-electron chi connectivity index (χ4n) is 3.83. The molecule has 2 aromatic carbocycles. The van der Waals surface area contributed by atoms with Crippen molar-refractivity contribution >= 4 is 38.5 Å². The van der Waals surface area contributed by atoms with Crippen molar-refractivity contribution in [3.8, 4) is 0 Å². The van der Waals surface area contributed by atoms with Gasteiger partial charge in [-0.2, -0.15) is 0 Å². The van der Waals surface area contributed by atoms with Crippen LogP contribution in [0.4, 0.5) is 5.69 Å². The van der Waals surface area contributed by atoms with Crippen LogP contribution in [0.1, 0.15) is 35.3 Å². The van der Waals surface area contributed by atoms with Crippen molar-refractivity contribution < 1.29 is 9.21 Å². The van der Waals surface area contributed by atoms with E-state index in [0.29, 0.717) is 13.0 Å². The Bertz CT molecular complexity index is 989. The molecule has 0 spiro atoms. The number of benzene rings is 2. The second kappa shape index (κ2) is 6.03. The third-order valence-corrected chi connectivity index (χ3v) is 5.68. The molecule has 4 heteroatoms. The molecule has 0 radical (unpaired) electrons. The molecule has 0 saturated heterocycles. The van der Waals surface area contributed by atoms with Gasteiger partial charge in [0.2, 0.25) is 5.91 Å². The lowest BCUT2D eigenvalue weighted by Gasteiger charge is -2.15. The van der Waals surface area contributed by atoms with Gasteiger partial charge in [0.15, 0.2) is 0 Å². The second-order valence-electron chi connectivity index (χ2n) is 6.64. The molecule has 1 atom stereocenters. The second-order valence-corrected chi connectivity index (χ2v) is 7.56. The Hall–Kier alpha value is -2.07. The van der Waals surface area contributed by atoms with Gasteiger partial charge in [-0.05, 0) is 55.7 Å². The maximum absolute atomic E-state index is 13.0. The van der Waals surface area contributed by atoms with E-state index in [1.54, 1.807) is 0 Å². The molecule has 1 amide bonds. The molecular weight excluding hydrogens is 378 g/mol. The maximum atomic E-state index is 13.0. The first-order chi connectivity index (χ1) is 12.0. The van der Waals surface area contributed by atoms with E-state index in [1.165, 1.54) is 0 Å². The predicted molar refractivity (Wildman–Crippen MR) is 104 cm³/mol. The number of nitrogens with zero attached hydrogens (tertiary/aromatic N) is 1. The Morgan fingerprint density at radius 1 is 1.20 bits per heavy atom. The van der Waals surface area contributed by atoms with Crippen molar-refractivity contribution in [2.24, 2.45) is 0 Å². The lowest BCUT2D eigenvalue weighted by molar-refractivity contribution is -0.119. The van der Waals surface area contributed by atoms with Crippen LogP contribution < -0.4 is 4.90 Å². The molecule has 0 N–H and O–H groups in total. The number of furan rings is 1. The molecule has 0 fully saturated rings. The van der Waals surface area contributed by atoms with Gasteiger partial charge in [0, 0.05) is 28.5 Å². The number of para-hydroxylation sites is 1. The largest absolute Gasteiger partial charge is 0.460 e. The SMILES string of the molecule is CCN1C(=O)C(Cc2oc3c(C)cccc3c2C)c2cc(Br)ccc21. The van der Waals surface area contributed by atoms with Gasteiger partial charge < -0.3 is 9.32 Å². The first-order valence-electron chi connectivity index (χ1n) is 8.59. The number of hydrogen-bond donors (Lipinski definition) is 0. The van der Waals surface area contributed by atoms with Crippen LogP contribution >= 0.6 is 15.9 Å². The molecule has 128 valence electrons. The molecule has 1 aliphatic heterocycles. The minimum absolute atomic E-state index is 0.159. The molecule has 3 aromatic rings. The van der Waals surface area contributed by atoms with E-state index in [-0.39, 0.29) is 11.8 Å². The quantitative estimate of drug-likeness (QED) is 0.583. The summed E-state index contributed by atoms with van der Waals surface area (Å²) >= 11 is 3.54. The smallest absolute Gasteiger partial charge is 0.235 e. The highest BCUT2D eigenvalue weighted by atomic mass is 79.9. The van der Waals surface area contributed by atoms with Gasteiger partial charge in [-0.1, -0.05) is 34.1 Å². The van der Waals surface area contributed by atoms with E-state index >= 15 is 0 Å². The lowest BCUT2D eigenvalue weighted by Crippen LogP contribution is -2.29. The number of aryl methyl sites for hydroxylation is 2. The van der Waals surface area contributed by atoms with E-state index in [2.05, 4.69) is 54.0 Å². The monoisotopic (exact) mass is 397 g/mol. The van der Waals surface area contributed by atoms with Crippen LogP contribution in [-0.4, -0.2) is 12.5 Å². The van der Waals surface area contributed by atoms with Crippen LogP contribution in [0.5, 0.6) is 0 Å². The summed E-state index contributed by atoms with van der Waals surface area (Å²) in [5.74, 6) is 0.880. The third kappa shape index (κ3) is 2.51. The lowest BCUT2D eigenvalue weighted by atomic mass is 9.94. The first-order valence-corrected chi connectivity index (χ1v) is 9.39. The summed E-state index contributed by atoms with van der Waals surface area (Å²) in [5, 5.41) is 1.14. The van der Waals surface area contributed by atoms with Gasteiger partial charge >= 0.3 is 0 Å². The minimum Gasteiger partial charge on any atom is -0.460 e. The van der Waals surface area contributed by atoms with Crippen LogP contribution in [0.15, 0.2) is 45.3 Å². The summed E-state index contributed by atoms with van der Waals surface area (Å²) in [7, 11) is 0. The maximum Gasteiger partial charge on any atom is 0.235 e. The molecule has 1 aromatic heterocycles. The van der Waals surface area contributed by atoms with E-state index in [0.717, 1.165) is 43.6 Å². The normalized spacial score (nSPS) is 16.7. The molecule has 0 aliphatic carbocycles. The standard InChI is InChI=1S/C21H20BrNO2/c1-4-23-18-9-8-14(22)10-16(18)17(21(23)24)11-19-13(3)15-7-5-6-12(2)20(15)25-19/h5-10,17H,4,11H2,1-3H3. The van der Waals surface area contributed by atoms with Crippen molar-refractivity contribution in [2.45, 2.75) is 33.1 Å². The van der Waals surface area contributed by atoms with Gasteiger partial charge in [0.1, 0.15) is 11.3 Å². The Labute approximate surface area is 155 Å². The molecule has 1 aliphatic rings.